The van der Waals surface area contributed by atoms with Gasteiger partial charge >= 0.3 is 0 Å². The molecule has 0 unspecified atom stereocenters. The van der Waals surface area contributed by atoms with E-state index in [-0.39, 0.29) is 0 Å². The lowest BCUT2D eigenvalue weighted by atomic mass is 10.2. The fourth-order valence-electron chi connectivity index (χ4n) is 1.55. The fraction of sp³-hybridized carbons (Fsp3) is 1.00. The molecule has 0 aliphatic carbocycles. The molecule has 1 aliphatic heterocycles. The van der Waals surface area contributed by atoms with Crippen molar-refractivity contribution in [1.82, 2.24) is 5.32 Å². The quantitative estimate of drug-likeness (QED) is 0.715. The van der Waals surface area contributed by atoms with Crippen LogP contribution >= 0.6 is 0 Å². The lowest BCUT2D eigenvalue weighted by Gasteiger charge is -2.39. The van der Waals surface area contributed by atoms with Crippen molar-refractivity contribution in [3.8, 4) is 0 Å². The van der Waals surface area contributed by atoms with E-state index in [4.69, 9.17) is 4.43 Å². The summed E-state index contributed by atoms with van der Waals surface area (Å²) in [4.78, 5) is 0. The van der Waals surface area contributed by atoms with E-state index in [0.717, 1.165) is 6.54 Å². The van der Waals surface area contributed by atoms with Crippen LogP contribution in [-0.2, 0) is 4.43 Å². The normalized spacial score (nSPS) is 29.6. The Balaban J connectivity index is 2.58. The summed E-state index contributed by atoms with van der Waals surface area (Å²) in [5.74, 6) is 0. The lowest BCUT2D eigenvalue weighted by Crippen LogP contribution is -2.46. The maximum absolute atomic E-state index is 6.35. The summed E-state index contributed by atoms with van der Waals surface area (Å²) in [6.45, 7) is 14.9. The highest BCUT2D eigenvalue weighted by atomic mass is 28.4. The third kappa shape index (κ3) is 2.58. The van der Waals surface area contributed by atoms with Crippen molar-refractivity contribution < 1.29 is 4.43 Å². The second kappa shape index (κ2) is 3.95. The molecule has 0 bridgehead atoms. The molecule has 1 fully saturated rings. The fourth-order valence-corrected chi connectivity index (χ4v) is 2.98. The zero-order valence-corrected chi connectivity index (χ0v) is 11.5. The smallest absolute Gasteiger partial charge is 0.192 e. The van der Waals surface area contributed by atoms with Gasteiger partial charge in [-0.15, -0.1) is 0 Å². The third-order valence-corrected chi connectivity index (χ3v) is 8.21. The van der Waals surface area contributed by atoms with E-state index in [9.17, 15) is 0 Å². The van der Waals surface area contributed by atoms with Crippen molar-refractivity contribution in [1.29, 1.82) is 0 Å². The van der Waals surface area contributed by atoms with E-state index < -0.39 is 8.32 Å². The van der Waals surface area contributed by atoms with Crippen LogP contribution in [0.1, 0.15) is 34.1 Å². The van der Waals surface area contributed by atoms with Gasteiger partial charge in [-0.3, -0.25) is 0 Å². The molecule has 0 radical (unpaired) electrons. The molecule has 3 heteroatoms. The highest BCUT2D eigenvalue weighted by Gasteiger charge is 2.40. The molecule has 2 nitrogen and oxygen atoms in total. The van der Waals surface area contributed by atoms with Gasteiger partial charge in [-0.05, 0) is 38.0 Å². The molecule has 0 saturated carbocycles. The summed E-state index contributed by atoms with van der Waals surface area (Å²) in [5, 5.41) is 3.77. The van der Waals surface area contributed by atoms with Gasteiger partial charge < -0.3 is 9.74 Å². The van der Waals surface area contributed by atoms with Crippen molar-refractivity contribution in [2.75, 3.05) is 6.54 Å². The number of hydrogen-bond donors (Lipinski definition) is 1. The van der Waals surface area contributed by atoms with Gasteiger partial charge in [0.1, 0.15) is 0 Å². The Morgan fingerprint density at radius 3 is 2.21 bits per heavy atom. The third-order valence-electron chi connectivity index (χ3n) is 3.71. The van der Waals surface area contributed by atoms with E-state index in [0.29, 0.717) is 17.2 Å². The summed E-state index contributed by atoms with van der Waals surface area (Å²) in [6, 6.07) is 0.532. The van der Waals surface area contributed by atoms with Crippen LogP contribution in [0.4, 0.5) is 0 Å². The highest BCUT2D eigenvalue weighted by molar-refractivity contribution is 6.74. The van der Waals surface area contributed by atoms with Gasteiger partial charge in [-0.2, -0.15) is 0 Å². The summed E-state index contributed by atoms with van der Waals surface area (Å²) in [7, 11) is -1.55. The largest absolute Gasteiger partial charge is 0.412 e. The Hall–Kier alpha value is 0.137. The molecule has 2 atom stereocenters. The minimum absolute atomic E-state index is 0.329. The SMILES string of the molecule is C[C@H]1NCC[C@H]1O[Si](C)(C)C(C)(C)C. The van der Waals surface area contributed by atoms with Gasteiger partial charge in [-0.1, -0.05) is 20.8 Å². The molecule has 1 aliphatic rings. The predicted molar refractivity (Wildman–Crippen MR) is 64.2 cm³/mol. The predicted octanol–water partition coefficient (Wildman–Crippen LogP) is 2.76. The lowest BCUT2D eigenvalue weighted by molar-refractivity contribution is 0.172. The summed E-state index contributed by atoms with van der Waals surface area (Å²) in [6.07, 6.45) is 1.61. The van der Waals surface area contributed by atoms with Gasteiger partial charge in [0.05, 0.1) is 6.10 Å². The minimum Gasteiger partial charge on any atom is -0.412 e. The van der Waals surface area contributed by atoms with Gasteiger partial charge in [-0.25, -0.2) is 0 Å². The molecule has 84 valence electrons. The van der Waals surface area contributed by atoms with Crippen molar-refractivity contribution in [3.05, 3.63) is 0 Å². The average Bonchev–Trinajstić information content (AvgIpc) is 2.33. The first kappa shape index (κ1) is 12.2. The van der Waals surface area contributed by atoms with Crippen LogP contribution in [0.2, 0.25) is 18.1 Å². The maximum Gasteiger partial charge on any atom is 0.192 e. The molecule has 0 spiro atoms. The zero-order chi connectivity index (χ0) is 11.0. The van der Waals surface area contributed by atoms with Crippen LogP contribution < -0.4 is 5.32 Å². The minimum atomic E-state index is -1.55. The summed E-state index contributed by atoms with van der Waals surface area (Å²) in [5.41, 5.74) is 0. The van der Waals surface area contributed by atoms with Gasteiger partial charge in [0.15, 0.2) is 8.32 Å². The molecular weight excluding hydrogens is 190 g/mol. The Labute approximate surface area is 89.6 Å². The van der Waals surface area contributed by atoms with Crippen LogP contribution in [0.5, 0.6) is 0 Å². The van der Waals surface area contributed by atoms with Crippen LogP contribution in [0, 0.1) is 0 Å². The van der Waals surface area contributed by atoms with E-state index in [2.05, 4.69) is 46.1 Å². The van der Waals surface area contributed by atoms with Crippen LogP contribution in [0.25, 0.3) is 0 Å². The average molecular weight is 215 g/mol. The standard InChI is InChI=1S/C11H25NOSi/c1-9-10(7-8-12-9)13-14(5,6)11(2,3)4/h9-10,12H,7-8H2,1-6H3/t9-,10-/m1/s1. The molecule has 0 aromatic rings. The molecule has 1 saturated heterocycles. The van der Waals surface area contributed by atoms with Crippen LogP contribution in [0.15, 0.2) is 0 Å². The van der Waals surface area contributed by atoms with Crippen LogP contribution in [0.3, 0.4) is 0 Å². The zero-order valence-electron chi connectivity index (χ0n) is 10.5. The molecule has 1 N–H and O–H groups in total. The van der Waals surface area contributed by atoms with E-state index >= 15 is 0 Å². The van der Waals surface area contributed by atoms with E-state index in [1.807, 2.05) is 0 Å². The Bertz CT molecular complexity index is 198. The first-order chi connectivity index (χ1) is 6.24. The highest BCUT2D eigenvalue weighted by Crippen LogP contribution is 2.38. The number of nitrogens with one attached hydrogen (secondary N) is 1. The van der Waals surface area contributed by atoms with Crippen molar-refractivity contribution in [2.24, 2.45) is 0 Å². The van der Waals surface area contributed by atoms with Crippen molar-refractivity contribution in [2.45, 2.75) is 64.4 Å². The first-order valence-electron chi connectivity index (χ1n) is 5.65. The number of rotatable bonds is 2. The Morgan fingerprint density at radius 2 is 1.86 bits per heavy atom. The molecular formula is C11H25NOSi. The molecule has 1 heterocycles. The van der Waals surface area contributed by atoms with Crippen LogP contribution in [-0.4, -0.2) is 27.0 Å². The second-order valence-corrected chi connectivity index (χ2v) is 10.7. The topological polar surface area (TPSA) is 21.3 Å². The van der Waals surface area contributed by atoms with E-state index in [1.54, 1.807) is 0 Å². The first-order valence-corrected chi connectivity index (χ1v) is 8.56. The Kier molecular flexibility index (Phi) is 3.44. The van der Waals surface area contributed by atoms with Gasteiger partial charge in [0.25, 0.3) is 0 Å². The van der Waals surface area contributed by atoms with Gasteiger partial charge in [0, 0.05) is 6.04 Å². The second-order valence-electron chi connectivity index (χ2n) is 5.95. The van der Waals surface area contributed by atoms with E-state index in [1.165, 1.54) is 6.42 Å². The number of hydrogen-bond acceptors (Lipinski definition) is 2. The van der Waals surface area contributed by atoms with Gasteiger partial charge in [0.2, 0.25) is 0 Å². The van der Waals surface area contributed by atoms with Crippen molar-refractivity contribution in [3.63, 3.8) is 0 Å². The van der Waals surface area contributed by atoms with Crippen molar-refractivity contribution >= 4 is 8.32 Å². The Morgan fingerprint density at radius 1 is 1.29 bits per heavy atom. The maximum atomic E-state index is 6.35. The molecule has 0 aromatic carbocycles. The molecule has 0 amide bonds. The summed E-state index contributed by atoms with van der Waals surface area (Å²) < 4.78 is 6.35. The summed E-state index contributed by atoms with van der Waals surface area (Å²) >= 11 is 0. The monoisotopic (exact) mass is 215 g/mol. The molecule has 0 aromatic heterocycles. The molecule has 14 heavy (non-hydrogen) atoms. The molecule has 1 rings (SSSR count).